The molecule has 0 aliphatic rings. The van der Waals surface area contributed by atoms with E-state index in [0.717, 1.165) is 29.4 Å². The summed E-state index contributed by atoms with van der Waals surface area (Å²) in [6, 6.07) is 2.43. The van der Waals surface area contributed by atoms with Crippen molar-refractivity contribution in [2.24, 2.45) is 0 Å². The highest BCUT2D eigenvalue weighted by atomic mass is 32.1. The van der Waals surface area contributed by atoms with Crippen molar-refractivity contribution in [3.63, 3.8) is 0 Å². The molecule has 0 saturated heterocycles. The average molecular weight is 264 g/mol. The number of hydrogen-bond donors (Lipinski definition) is 1. The largest absolute Gasteiger partial charge is 0.311 e. The van der Waals surface area contributed by atoms with E-state index in [0.29, 0.717) is 0 Å². The minimum atomic E-state index is 0.271. The number of nitrogens with one attached hydrogen (secondary N) is 1. The molecule has 1 unspecified atom stereocenters. The fourth-order valence-electron chi connectivity index (χ4n) is 2.16. The summed E-state index contributed by atoms with van der Waals surface area (Å²) in [5.41, 5.74) is 3.46. The Morgan fingerprint density at radius 3 is 2.78 bits per heavy atom. The molecular formula is C13H20N4S. The van der Waals surface area contributed by atoms with Crippen LogP contribution in [0, 0.1) is 13.8 Å². The predicted octanol–water partition coefficient (Wildman–Crippen LogP) is 2.48. The second kappa shape index (κ2) is 5.63. The van der Waals surface area contributed by atoms with Crippen molar-refractivity contribution in [1.82, 2.24) is 20.1 Å². The van der Waals surface area contributed by atoms with Crippen LogP contribution in [0.25, 0.3) is 0 Å². The van der Waals surface area contributed by atoms with Gasteiger partial charge in [0.2, 0.25) is 0 Å². The quantitative estimate of drug-likeness (QED) is 0.902. The number of likely N-dealkylation sites (N-methyl/N-ethyl adjacent to an activating group) is 1. The first kappa shape index (κ1) is 13.2. The van der Waals surface area contributed by atoms with Gasteiger partial charge in [-0.25, -0.2) is 4.98 Å². The molecule has 0 amide bonds. The van der Waals surface area contributed by atoms with Crippen LogP contribution in [0.1, 0.15) is 35.1 Å². The van der Waals surface area contributed by atoms with E-state index in [1.165, 1.54) is 5.69 Å². The monoisotopic (exact) mass is 264 g/mol. The van der Waals surface area contributed by atoms with Gasteiger partial charge < -0.3 is 5.32 Å². The Labute approximate surface area is 112 Å². The van der Waals surface area contributed by atoms with Crippen LogP contribution in [0.4, 0.5) is 0 Å². The van der Waals surface area contributed by atoms with Gasteiger partial charge in [0.15, 0.2) is 0 Å². The van der Waals surface area contributed by atoms with E-state index in [-0.39, 0.29) is 6.04 Å². The van der Waals surface area contributed by atoms with E-state index >= 15 is 0 Å². The van der Waals surface area contributed by atoms with Crippen LogP contribution < -0.4 is 5.32 Å². The normalized spacial score (nSPS) is 12.9. The number of hydrogen-bond acceptors (Lipinski definition) is 4. The van der Waals surface area contributed by atoms with Crippen molar-refractivity contribution in [2.75, 3.05) is 7.05 Å². The van der Waals surface area contributed by atoms with Gasteiger partial charge in [-0.05, 0) is 33.9 Å². The molecule has 18 heavy (non-hydrogen) atoms. The molecule has 98 valence electrons. The molecule has 1 N–H and O–H groups in total. The highest BCUT2D eigenvalue weighted by Gasteiger charge is 2.17. The number of nitrogens with zero attached hydrogens (tertiary/aromatic N) is 3. The Balaban J connectivity index is 2.22. The van der Waals surface area contributed by atoms with Crippen molar-refractivity contribution in [1.29, 1.82) is 0 Å². The minimum absolute atomic E-state index is 0.271. The summed E-state index contributed by atoms with van der Waals surface area (Å²) in [6.07, 6.45) is 0.909. The summed E-state index contributed by atoms with van der Waals surface area (Å²) >= 11 is 1.71. The Hall–Kier alpha value is -1.20. The number of rotatable bonds is 5. The molecular weight excluding hydrogens is 244 g/mol. The molecule has 2 rings (SSSR count). The van der Waals surface area contributed by atoms with Crippen LogP contribution in [0.2, 0.25) is 0 Å². The average Bonchev–Trinajstić information content (AvgIpc) is 2.92. The van der Waals surface area contributed by atoms with Crippen molar-refractivity contribution in [2.45, 2.75) is 39.8 Å². The van der Waals surface area contributed by atoms with Gasteiger partial charge in [0.1, 0.15) is 0 Å². The fraction of sp³-hybridized carbons (Fsp3) is 0.538. The van der Waals surface area contributed by atoms with Crippen LogP contribution >= 0.6 is 11.3 Å². The molecule has 2 aromatic rings. The maximum atomic E-state index is 4.54. The van der Waals surface area contributed by atoms with Gasteiger partial charge in [-0.3, -0.25) is 4.68 Å². The molecule has 5 heteroatoms. The maximum Gasteiger partial charge on any atom is 0.0897 e. The topological polar surface area (TPSA) is 42.7 Å². The van der Waals surface area contributed by atoms with Crippen molar-refractivity contribution in [3.05, 3.63) is 33.5 Å². The van der Waals surface area contributed by atoms with Crippen LogP contribution in [-0.2, 0) is 13.0 Å². The summed E-state index contributed by atoms with van der Waals surface area (Å²) in [4.78, 5) is 4.54. The van der Waals surface area contributed by atoms with Crippen LogP contribution in [-0.4, -0.2) is 21.8 Å². The van der Waals surface area contributed by atoms with Gasteiger partial charge in [0, 0.05) is 18.3 Å². The van der Waals surface area contributed by atoms with Crippen LogP contribution in [0.15, 0.2) is 11.4 Å². The summed E-state index contributed by atoms with van der Waals surface area (Å²) in [6.45, 7) is 7.10. The smallest absolute Gasteiger partial charge is 0.0897 e. The fourth-order valence-corrected chi connectivity index (χ4v) is 2.79. The van der Waals surface area contributed by atoms with Gasteiger partial charge >= 0.3 is 0 Å². The molecule has 0 aliphatic carbocycles. The lowest BCUT2D eigenvalue weighted by Gasteiger charge is -2.16. The molecule has 0 saturated carbocycles. The lowest BCUT2D eigenvalue weighted by atomic mass is 10.1. The molecule has 0 spiro atoms. The van der Waals surface area contributed by atoms with Crippen molar-refractivity contribution < 1.29 is 0 Å². The zero-order valence-electron chi connectivity index (χ0n) is 11.4. The molecule has 0 bridgehead atoms. The van der Waals surface area contributed by atoms with Gasteiger partial charge in [-0.1, -0.05) is 0 Å². The molecule has 2 aromatic heterocycles. The highest BCUT2D eigenvalue weighted by molar-refractivity contribution is 7.09. The Morgan fingerprint density at radius 2 is 2.22 bits per heavy atom. The van der Waals surface area contributed by atoms with Gasteiger partial charge in [-0.2, -0.15) is 5.10 Å². The van der Waals surface area contributed by atoms with Crippen molar-refractivity contribution >= 4 is 11.3 Å². The predicted molar refractivity (Wildman–Crippen MR) is 75.0 cm³/mol. The first-order chi connectivity index (χ1) is 8.63. The van der Waals surface area contributed by atoms with E-state index in [9.17, 15) is 0 Å². The second-order valence-corrected chi connectivity index (χ2v) is 5.49. The van der Waals surface area contributed by atoms with E-state index in [2.05, 4.69) is 38.5 Å². The Kier molecular flexibility index (Phi) is 4.14. The van der Waals surface area contributed by atoms with E-state index in [4.69, 9.17) is 0 Å². The summed E-state index contributed by atoms with van der Waals surface area (Å²) in [7, 11) is 1.99. The third kappa shape index (κ3) is 2.79. The molecule has 4 nitrogen and oxygen atoms in total. The van der Waals surface area contributed by atoms with Gasteiger partial charge in [-0.15, -0.1) is 11.3 Å². The minimum Gasteiger partial charge on any atom is -0.311 e. The number of aryl methyl sites for hydroxylation is 3. The number of aromatic nitrogens is 3. The van der Waals surface area contributed by atoms with E-state index in [1.54, 1.807) is 11.3 Å². The zero-order valence-corrected chi connectivity index (χ0v) is 12.2. The summed E-state index contributed by atoms with van der Waals surface area (Å²) < 4.78 is 2.07. The molecule has 2 heterocycles. The first-order valence-electron chi connectivity index (χ1n) is 6.26. The lowest BCUT2D eigenvalue weighted by Crippen LogP contribution is -2.22. The SMILES string of the molecule is CCn1nc(C)cc1C(Cc1csc(C)n1)NC. The molecule has 0 aromatic carbocycles. The summed E-state index contributed by atoms with van der Waals surface area (Å²) in [5.74, 6) is 0. The van der Waals surface area contributed by atoms with Crippen LogP contribution in [0.5, 0.6) is 0 Å². The standard InChI is InChI=1S/C13H20N4S/c1-5-17-13(6-9(2)16-17)12(14-4)7-11-8-18-10(3)15-11/h6,8,12,14H,5,7H2,1-4H3. The van der Waals surface area contributed by atoms with Crippen LogP contribution in [0.3, 0.4) is 0 Å². The Bertz CT molecular complexity index is 515. The number of thiazole rings is 1. The third-order valence-corrected chi connectivity index (χ3v) is 3.84. The lowest BCUT2D eigenvalue weighted by molar-refractivity contribution is 0.509. The first-order valence-corrected chi connectivity index (χ1v) is 7.14. The maximum absolute atomic E-state index is 4.54. The third-order valence-electron chi connectivity index (χ3n) is 3.02. The summed E-state index contributed by atoms with van der Waals surface area (Å²) in [5, 5.41) is 11.1. The van der Waals surface area contributed by atoms with E-state index < -0.39 is 0 Å². The highest BCUT2D eigenvalue weighted by Crippen LogP contribution is 2.20. The second-order valence-electron chi connectivity index (χ2n) is 4.43. The molecule has 1 atom stereocenters. The van der Waals surface area contributed by atoms with Gasteiger partial charge in [0.25, 0.3) is 0 Å². The van der Waals surface area contributed by atoms with E-state index in [1.807, 2.05) is 20.9 Å². The van der Waals surface area contributed by atoms with Crippen molar-refractivity contribution in [3.8, 4) is 0 Å². The molecule has 0 radical (unpaired) electrons. The molecule has 0 aliphatic heterocycles. The molecule has 0 fully saturated rings. The zero-order chi connectivity index (χ0) is 13.1. The Morgan fingerprint density at radius 1 is 1.44 bits per heavy atom. The van der Waals surface area contributed by atoms with Gasteiger partial charge in [0.05, 0.1) is 28.1 Å².